The van der Waals surface area contributed by atoms with Crippen LogP contribution in [0.15, 0.2) is 30.6 Å². The van der Waals surface area contributed by atoms with Crippen LogP contribution in [-0.4, -0.2) is 27.3 Å². The van der Waals surface area contributed by atoms with Gasteiger partial charge in [-0.2, -0.15) is 0 Å². The van der Waals surface area contributed by atoms with E-state index in [1.165, 1.54) is 0 Å². The summed E-state index contributed by atoms with van der Waals surface area (Å²) in [6.07, 6.45) is 1.59. The fraction of sp³-hybridized carbons (Fsp3) is 0.357. The highest BCUT2D eigenvalue weighted by Gasteiger charge is 2.14. The average Bonchev–Trinajstić information content (AvgIpc) is 2.92. The van der Waals surface area contributed by atoms with Crippen LogP contribution in [0.4, 0.5) is 0 Å². The van der Waals surface area contributed by atoms with Crippen molar-refractivity contribution in [3.8, 4) is 5.75 Å². The van der Waals surface area contributed by atoms with Gasteiger partial charge in [-0.3, -0.25) is 4.79 Å². The molecule has 1 aromatic heterocycles. The van der Waals surface area contributed by atoms with E-state index in [0.717, 1.165) is 5.56 Å². The summed E-state index contributed by atoms with van der Waals surface area (Å²) in [4.78, 5) is 11.8. The van der Waals surface area contributed by atoms with Gasteiger partial charge in [-0.1, -0.05) is 12.1 Å². The lowest BCUT2D eigenvalue weighted by atomic mass is 10.2. The second kappa shape index (κ2) is 6.85. The van der Waals surface area contributed by atoms with Gasteiger partial charge in [0.2, 0.25) is 0 Å². The van der Waals surface area contributed by atoms with Crippen molar-refractivity contribution in [2.75, 3.05) is 6.61 Å². The molecular weight excluding hydrogens is 270 g/mol. The van der Waals surface area contributed by atoms with Crippen molar-refractivity contribution >= 4 is 5.91 Å². The SMILES string of the molecule is CC(NC(=O)COc1ccc(CN)cc1)c1nncn1C. The maximum absolute atomic E-state index is 11.8. The van der Waals surface area contributed by atoms with Crippen molar-refractivity contribution < 1.29 is 9.53 Å². The van der Waals surface area contributed by atoms with E-state index in [1.54, 1.807) is 23.0 Å². The van der Waals surface area contributed by atoms with Crippen molar-refractivity contribution in [3.63, 3.8) is 0 Å². The minimum atomic E-state index is -0.229. The van der Waals surface area contributed by atoms with Gasteiger partial charge in [0.05, 0.1) is 6.04 Å². The summed E-state index contributed by atoms with van der Waals surface area (Å²) < 4.78 is 7.18. The zero-order valence-electron chi connectivity index (χ0n) is 12.1. The molecule has 0 aliphatic heterocycles. The normalized spacial score (nSPS) is 12.0. The Labute approximate surface area is 123 Å². The first-order valence-electron chi connectivity index (χ1n) is 6.65. The Morgan fingerprint density at radius 2 is 2.14 bits per heavy atom. The molecule has 7 nitrogen and oxygen atoms in total. The highest BCUT2D eigenvalue weighted by molar-refractivity contribution is 5.77. The number of aromatic nitrogens is 3. The highest BCUT2D eigenvalue weighted by Crippen LogP contribution is 2.12. The molecule has 2 aromatic rings. The Bertz CT molecular complexity index is 594. The van der Waals surface area contributed by atoms with Crippen LogP contribution in [0.1, 0.15) is 24.4 Å². The first kappa shape index (κ1) is 15.0. The molecule has 0 saturated carbocycles. The zero-order valence-corrected chi connectivity index (χ0v) is 12.1. The van der Waals surface area contributed by atoms with Gasteiger partial charge in [-0.05, 0) is 24.6 Å². The largest absolute Gasteiger partial charge is 0.484 e. The van der Waals surface area contributed by atoms with Gasteiger partial charge in [-0.15, -0.1) is 10.2 Å². The van der Waals surface area contributed by atoms with Gasteiger partial charge >= 0.3 is 0 Å². The molecule has 1 unspecified atom stereocenters. The fourth-order valence-electron chi connectivity index (χ4n) is 1.90. The molecule has 3 N–H and O–H groups in total. The van der Waals surface area contributed by atoms with Gasteiger partial charge in [0.15, 0.2) is 12.4 Å². The monoisotopic (exact) mass is 289 g/mol. The number of amides is 1. The van der Waals surface area contributed by atoms with Crippen molar-refractivity contribution in [2.24, 2.45) is 12.8 Å². The van der Waals surface area contributed by atoms with Crippen LogP contribution >= 0.6 is 0 Å². The van der Waals surface area contributed by atoms with Crippen LogP contribution in [0.25, 0.3) is 0 Å². The molecule has 0 aliphatic carbocycles. The maximum Gasteiger partial charge on any atom is 0.258 e. The van der Waals surface area contributed by atoms with E-state index >= 15 is 0 Å². The van der Waals surface area contributed by atoms with Crippen LogP contribution in [0, 0.1) is 0 Å². The number of rotatable bonds is 6. The third-order valence-corrected chi connectivity index (χ3v) is 3.04. The van der Waals surface area contributed by atoms with Crippen molar-refractivity contribution in [1.82, 2.24) is 20.1 Å². The van der Waals surface area contributed by atoms with Gasteiger partial charge < -0.3 is 20.4 Å². The summed E-state index contributed by atoms with van der Waals surface area (Å²) in [6, 6.07) is 7.10. The number of benzene rings is 1. The van der Waals surface area contributed by atoms with E-state index in [2.05, 4.69) is 15.5 Å². The number of nitrogens with zero attached hydrogens (tertiary/aromatic N) is 3. The number of nitrogens with two attached hydrogens (primary N) is 1. The van der Waals surface area contributed by atoms with E-state index in [-0.39, 0.29) is 18.6 Å². The molecule has 2 rings (SSSR count). The number of aryl methyl sites for hydroxylation is 1. The quantitative estimate of drug-likeness (QED) is 0.809. The number of hydrogen-bond acceptors (Lipinski definition) is 5. The minimum absolute atomic E-state index is 0.0514. The number of carbonyl (C=O) groups excluding carboxylic acids is 1. The lowest BCUT2D eigenvalue weighted by Gasteiger charge is -2.13. The van der Waals surface area contributed by atoms with Crippen LogP contribution in [-0.2, 0) is 18.4 Å². The van der Waals surface area contributed by atoms with Crippen molar-refractivity contribution in [2.45, 2.75) is 19.5 Å². The van der Waals surface area contributed by atoms with E-state index in [9.17, 15) is 4.79 Å². The number of carbonyl (C=O) groups is 1. The summed E-state index contributed by atoms with van der Waals surface area (Å²) in [5, 5.41) is 10.5. The molecule has 1 amide bonds. The van der Waals surface area contributed by atoms with Crippen molar-refractivity contribution in [3.05, 3.63) is 42.0 Å². The number of hydrogen-bond donors (Lipinski definition) is 2. The molecule has 1 atom stereocenters. The van der Waals surface area contributed by atoms with Crippen LogP contribution in [0.2, 0.25) is 0 Å². The lowest BCUT2D eigenvalue weighted by Crippen LogP contribution is -2.32. The first-order valence-corrected chi connectivity index (χ1v) is 6.65. The Balaban J connectivity index is 1.83. The van der Waals surface area contributed by atoms with Gasteiger partial charge in [0.1, 0.15) is 12.1 Å². The Kier molecular flexibility index (Phi) is 4.89. The molecule has 0 radical (unpaired) electrons. The molecule has 112 valence electrons. The predicted octanol–water partition coefficient (Wildman–Crippen LogP) is 0.530. The average molecular weight is 289 g/mol. The third kappa shape index (κ3) is 4.03. The standard InChI is InChI=1S/C14H19N5O2/c1-10(14-18-16-9-19(14)2)17-13(20)8-21-12-5-3-11(7-15)4-6-12/h3-6,9-10H,7-8,15H2,1-2H3,(H,17,20). The molecule has 0 saturated heterocycles. The Hall–Kier alpha value is -2.41. The van der Waals surface area contributed by atoms with Crippen LogP contribution in [0.3, 0.4) is 0 Å². The first-order chi connectivity index (χ1) is 10.1. The van der Waals surface area contributed by atoms with Crippen molar-refractivity contribution in [1.29, 1.82) is 0 Å². The zero-order chi connectivity index (χ0) is 15.2. The topological polar surface area (TPSA) is 95.1 Å². The van der Waals surface area contributed by atoms with E-state index in [0.29, 0.717) is 18.1 Å². The smallest absolute Gasteiger partial charge is 0.258 e. The predicted molar refractivity (Wildman–Crippen MR) is 77.4 cm³/mol. The molecule has 0 spiro atoms. The molecule has 7 heteroatoms. The molecule has 1 heterocycles. The second-order valence-corrected chi connectivity index (χ2v) is 4.73. The Morgan fingerprint density at radius 3 is 2.71 bits per heavy atom. The maximum atomic E-state index is 11.8. The number of ether oxygens (including phenoxy) is 1. The fourth-order valence-corrected chi connectivity index (χ4v) is 1.90. The van der Waals surface area contributed by atoms with Crippen LogP contribution < -0.4 is 15.8 Å². The molecular formula is C14H19N5O2. The summed E-state index contributed by atoms with van der Waals surface area (Å²) in [6.45, 7) is 2.28. The van der Waals surface area contributed by atoms with E-state index < -0.39 is 0 Å². The highest BCUT2D eigenvalue weighted by atomic mass is 16.5. The minimum Gasteiger partial charge on any atom is -0.484 e. The van der Waals surface area contributed by atoms with Gasteiger partial charge in [-0.25, -0.2) is 0 Å². The third-order valence-electron chi connectivity index (χ3n) is 3.04. The molecule has 0 aliphatic rings. The number of nitrogens with one attached hydrogen (secondary N) is 1. The summed E-state index contributed by atoms with van der Waals surface area (Å²) in [5.41, 5.74) is 6.53. The summed E-state index contributed by atoms with van der Waals surface area (Å²) in [5.74, 6) is 1.11. The summed E-state index contributed by atoms with van der Waals surface area (Å²) >= 11 is 0. The van der Waals surface area contributed by atoms with Gasteiger partial charge in [0.25, 0.3) is 5.91 Å². The molecule has 0 bridgehead atoms. The molecule has 0 fully saturated rings. The van der Waals surface area contributed by atoms with Gasteiger partial charge in [0, 0.05) is 13.6 Å². The lowest BCUT2D eigenvalue weighted by molar-refractivity contribution is -0.123. The molecule has 1 aromatic carbocycles. The summed E-state index contributed by atoms with van der Waals surface area (Å²) in [7, 11) is 1.83. The van der Waals surface area contributed by atoms with Crippen LogP contribution in [0.5, 0.6) is 5.75 Å². The van der Waals surface area contributed by atoms with E-state index in [4.69, 9.17) is 10.5 Å². The van der Waals surface area contributed by atoms with E-state index in [1.807, 2.05) is 26.1 Å². The Morgan fingerprint density at radius 1 is 1.43 bits per heavy atom. The second-order valence-electron chi connectivity index (χ2n) is 4.73. The molecule has 21 heavy (non-hydrogen) atoms.